The van der Waals surface area contributed by atoms with E-state index in [1.54, 1.807) is 36.4 Å². The number of aromatic hydroxyl groups is 1. The molecule has 30 heavy (non-hydrogen) atoms. The van der Waals surface area contributed by atoms with Crippen molar-refractivity contribution in [2.24, 2.45) is 4.40 Å². The Labute approximate surface area is 180 Å². The smallest absolute Gasteiger partial charge is 0.286 e. The molecule has 2 heterocycles. The van der Waals surface area contributed by atoms with Crippen LogP contribution in [0.5, 0.6) is 5.75 Å². The molecule has 0 amide bonds. The van der Waals surface area contributed by atoms with Crippen LogP contribution in [0.4, 0.5) is 5.69 Å². The molecule has 0 bridgehead atoms. The van der Waals surface area contributed by atoms with Gasteiger partial charge in [0.2, 0.25) is 5.89 Å². The van der Waals surface area contributed by atoms with Crippen LogP contribution in [0.1, 0.15) is 30.2 Å². The number of rotatable bonds is 6. The quantitative estimate of drug-likeness (QED) is 0.539. The van der Waals surface area contributed by atoms with Gasteiger partial charge in [0.15, 0.2) is 11.6 Å². The van der Waals surface area contributed by atoms with E-state index in [0.29, 0.717) is 16.1 Å². The van der Waals surface area contributed by atoms with Crippen molar-refractivity contribution >= 4 is 43.3 Å². The monoisotopic (exact) mass is 489 g/mol. The third kappa shape index (κ3) is 4.14. The second-order valence-corrected chi connectivity index (χ2v) is 9.15. The number of carbonyl (C=O) groups is 1. The summed E-state index contributed by atoms with van der Waals surface area (Å²) >= 11 is 3.23. The largest absolute Gasteiger partial charge is 0.508 e. The Morgan fingerprint density at radius 2 is 2.07 bits per heavy atom. The first-order valence-corrected chi connectivity index (χ1v) is 11.2. The number of hydrogen-bond acceptors (Lipinski definition) is 7. The molecule has 0 saturated heterocycles. The van der Waals surface area contributed by atoms with Crippen LogP contribution < -0.4 is 5.32 Å². The van der Waals surface area contributed by atoms with E-state index in [4.69, 9.17) is 4.42 Å². The number of amidine groups is 1. The van der Waals surface area contributed by atoms with Crippen molar-refractivity contribution in [3.63, 3.8) is 0 Å². The van der Waals surface area contributed by atoms with Gasteiger partial charge in [-0.2, -0.15) is 8.42 Å². The predicted octanol–water partition coefficient (Wildman–Crippen LogP) is 3.84. The molecular formula is C20H16BrN3O5S. The Kier molecular flexibility index (Phi) is 5.44. The molecule has 154 valence electrons. The number of benzene rings is 2. The van der Waals surface area contributed by atoms with Gasteiger partial charge in [-0.15, -0.1) is 4.40 Å². The van der Waals surface area contributed by atoms with E-state index in [-0.39, 0.29) is 35.2 Å². The van der Waals surface area contributed by atoms with Gasteiger partial charge in [-0.3, -0.25) is 4.79 Å². The lowest BCUT2D eigenvalue weighted by atomic mass is 9.92. The summed E-state index contributed by atoms with van der Waals surface area (Å²) in [5.74, 6) is -0.590. The van der Waals surface area contributed by atoms with Gasteiger partial charge in [0, 0.05) is 10.9 Å². The number of oxazole rings is 1. The minimum atomic E-state index is -3.99. The number of anilines is 1. The Morgan fingerprint density at radius 3 is 2.80 bits per heavy atom. The fourth-order valence-corrected chi connectivity index (χ4v) is 4.90. The molecule has 1 aliphatic heterocycles. The standard InChI is InChI=1S/C20H16BrN3O5S/c21-13-4-6-16-18(11-13)30(27,28)24-19(23-16)17(26)7-5-15(20-22-8-9-29-20)12-2-1-3-14(25)10-12/h1-4,6,8-11,15,25H,5,7H2,(H,23,24). The zero-order valence-corrected chi connectivity index (χ0v) is 17.9. The highest BCUT2D eigenvalue weighted by Gasteiger charge is 2.29. The summed E-state index contributed by atoms with van der Waals surface area (Å²) < 4.78 is 34.6. The zero-order valence-electron chi connectivity index (χ0n) is 15.4. The minimum Gasteiger partial charge on any atom is -0.508 e. The Balaban J connectivity index is 1.56. The summed E-state index contributed by atoms with van der Waals surface area (Å²) in [5.41, 5.74) is 1.03. The lowest BCUT2D eigenvalue weighted by molar-refractivity contribution is -0.113. The van der Waals surface area contributed by atoms with Gasteiger partial charge < -0.3 is 14.8 Å². The maximum absolute atomic E-state index is 12.8. The summed E-state index contributed by atoms with van der Waals surface area (Å²) in [4.78, 5) is 16.9. The average molecular weight is 490 g/mol. The van der Waals surface area contributed by atoms with Crippen molar-refractivity contribution in [1.29, 1.82) is 0 Å². The summed E-state index contributed by atoms with van der Waals surface area (Å²) in [6, 6.07) is 11.3. The first kappa shape index (κ1) is 20.3. The van der Waals surface area contributed by atoms with E-state index in [9.17, 15) is 18.3 Å². The van der Waals surface area contributed by atoms with Crippen LogP contribution in [0.2, 0.25) is 0 Å². The van der Waals surface area contributed by atoms with E-state index in [1.807, 2.05) is 0 Å². The van der Waals surface area contributed by atoms with Crippen LogP contribution in [0.15, 0.2) is 73.1 Å². The number of phenolic OH excluding ortho intramolecular Hbond substituents is 1. The third-order valence-corrected chi connectivity index (χ3v) is 6.44. The molecule has 1 atom stereocenters. The third-order valence-electron chi connectivity index (χ3n) is 4.63. The zero-order chi connectivity index (χ0) is 21.3. The summed E-state index contributed by atoms with van der Waals surface area (Å²) in [5, 5.41) is 12.6. The topological polar surface area (TPSA) is 122 Å². The molecule has 3 aromatic rings. The minimum absolute atomic E-state index is 0.00405. The number of halogens is 1. The van der Waals surface area contributed by atoms with Crippen LogP contribution in [0, 0.1) is 0 Å². The molecule has 2 N–H and O–H groups in total. The predicted molar refractivity (Wildman–Crippen MR) is 113 cm³/mol. The van der Waals surface area contributed by atoms with E-state index in [1.165, 1.54) is 18.5 Å². The molecule has 10 heteroatoms. The maximum atomic E-state index is 12.8. The number of carbonyl (C=O) groups excluding carboxylic acids is 1. The molecule has 2 aromatic carbocycles. The number of nitrogens with zero attached hydrogens (tertiary/aromatic N) is 2. The fraction of sp³-hybridized carbons (Fsp3) is 0.150. The first-order valence-electron chi connectivity index (χ1n) is 8.96. The van der Waals surface area contributed by atoms with Crippen LogP contribution in [-0.2, 0) is 14.8 Å². The van der Waals surface area contributed by atoms with Gasteiger partial charge in [0.25, 0.3) is 10.0 Å². The van der Waals surface area contributed by atoms with Gasteiger partial charge in [-0.1, -0.05) is 28.1 Å². The van der Waals surface area contributed by atoms with Gasteiger partial charge >= 0.3 is 0 Å². The molecule has 0 radical (unpaired) electrons. The number of sulfonamides is 1. The SMILES string of the molecule is O=C(CCC(c1cccc(O)c1)c1ncco1)C1=NS(=O)(=O)c2cc(Br)ccc2N1. The lowest BCUT2D eigenvalue weighted by Crippen LogP contribution is -2.29. The van der Waals surface area contributed by atoms with E-state index >= 15 is 0 Å². The molecule has 1 unspecified atom stereocenters. The number of ketones is 1. The highest BCUT2D eigenvalue weighted by molar-refractivity contribution is 9.10. The highest BCUT2D eigenvalue weighted by Crippen LogP contribution is 2.32. The van der Waals surface area contributed by atoms with Gasteiger partial charge in [-0.05, 0) is 42.3 Å². The van der Waals surface area contributed by atoms with Crippen LogP contribution in [-0.4, -0.2) is 30.1 Å². The molecule has 4 rings (SSSR count). The van der Waals surface area contributed by atoms with Crippen LogP contribution >= 0.6 is 15.9 Å². The van der Waals surface area contributed by atoms with Crippen molar-refractivity contribution in [2.75, 3.05) is 5.32 Å². The summed E-state index contributed by atoms with van der Waals surface area (Å²) in [7, 11) is -3.99. The normalized spacial score (nSPS) is 15.6. The number of hydrogen-bond donors (Lipinski definition) is 2. The van der Waals surface area contributed by atoms with Crippen LogP contribution in [0.3, 0.4) is 0 Å². The van der Waals surface area contributed by atoms with Gasteiger partial charge in [0.05, 0.1) is 17.8 Å². The lowest BCUT2D eigenvalue weighted by Gasteiger charge is -2.18. The Bertz CT molecular complexity index is 1240. The average Bonchev–Trinajstić information content (AvgIpc) is 3.22. The second-order valence-electron chi connectivity index (χ2n) is 6.66. The van der Waals surface area contributed by atoms with Crippen LogP contribution in [0.25, 0.3) is 0 Å². The van der Waals surface area contributed by atoms with Crippen molar-refractivity contribution in [3.8, 4) is 5.75 Å². The van der Waals surface area contributed by atoms with Gasteiger partial charge in [-0.25, -0.2) is 4.98 Å². The number of aromatic nitrogens is 1. The maximum Gasteiger partial charge on any atom is 0.286 e. The summed E-state index contributed by atoms with van der Waals surface area (Å²) in [6.45, 7) is 0. The molecule has 1 aromatic heterocycles. The highest BCUT2D eigenvalue weighted by atomic mass is 79.9. The Hall–Kier alpha value is -2.98. The molecule has 0 saturated carbocycles. The summed E-state index contributed by atoms with van der Waals surface area (Å²) in [6.07, 6.45) is 3.22. The van der Waals surface area contributed by atoms with Gasteiger partial charge in [0.1, 0.15) is 16.9 Å². The Morgan fingerprint density at radius 1 is 1.23 bits per heavy atom. The van der Waals surface area contributed by atoms with E-state index in [2.05, 4.69) is 30.6 Å². The molecule has 0 spiro atoms. The molecule has 0 fully saturated rings. The molecule has 8 nitrogen and oxygen atoms in total. The van der Waals surface area contributed by atoms with Crippen molar-refractivity contribution in [1.82, 2.24) is 4.98 Å². The molecule has 0 aliphatic carbocycles. The first-order chi connectivity index (χ1) is 14.3. The fourth-order valence-electron chi connectivity index (χ4n) is 3.23. The second kappa shape index (κ2) is 8.04. The number of Topliss-reactive ketones (excluding diaryl/α,β-unsaturated/α-hetero) is 1. The van der Waals surface area contributed by atoms with Crippen molar-refractivity contribution < 1.29 is 22.7 Å². The number of fused-ring (bicyclic) bond motifs is 1. The van der Waals surface area contributed by atoms with E-state index in [0.717, 1.165) is 5.56 Å². The number of phenols is 1. The molecular weight excluding hydrogens is 474 g/mol. The molecule has 1 aliphatic rings. The van der Waals surface area contributed by atoms with Crippen molar-refractivity contribution in [3.05, 3.63) is 70.9 Å². The number of nitrogens with one attached hydrogen (secondary N) is 1. The van der Waals surface area contributed by atoms with E-state index < -0.39 is 15.8 Å². The van der Waals surface area contributed by atoms with Crippen molar-refractivity contribution in [2.45, 2.75) is 23.7 Å².